The van der Waals surface area contributed by atoms with Gasteiger partial charge < -0.3 is 14.4 Å². The summed E-state index contributed by atoms with van der Waals surface area (Å²) in [5, 5.41) is 2.16. The van der Waals surface area contributed by atoms with Crippen LogP contribution >= 0.6 is 0 Å². The SMILES string of the molecule is C#CCOC(=O)Nc1cnc(N2CCOCC2)c(C(F)(F)F)c1. The molecule has 1 saturated heterocycles. The normalized spacial score (nSPS) is 15.0. The first-order valence-electron chi connectivity index (χ1n) is 6.69. The minimum absolute atomic E-state index is 0.128. The van der Waals surface area contributed by atoms with Crippen LogP contribution in [0.5, 0.6) is 0 Å². The van der Waals surface area contributed by atoms with Gasteiger partial charge in [0.1, 0.15) is 11.4 Å². The minimum Gasteiger partial charge on any atom is -0.436 e. The molecule has 0 unspecified atom stereocenters. The fraction of sp³-hybridized carbons (Fsp3) is 0.429. The second-order valence-electron chi connectivity index (χ2n) is 4.60. The Morgan fingerprint density at radius 3 is 2.78 bits per heavy atom. The van der Waals surface area contributed by atoms with Crippen LogP contribution in [0, 0.1) is 12.3 Å². The molecule has 2 rings (SSSR count). The summed E-state index contributed by atoms with van der Waals surface area (Å²) in [6.07, 6.45) is 0.501. The van der Waals surface area contributed by atoms with Crippen LogP contribution < -0.4 is 10.2 Å². The van der Waals surface area contributed by atoms with Crippen molar-refractivity contribution in [3.63, 3.8) is 0 Å². The molecule has 1 aromatic heterocycles. The number of nitrogens with one attached hydrogen (secondary N) is 1. The first-order valence-corrected chi connectivity index (χ1v) is 6.69. The molecule has 0 aliphatic carbocycles. The number of ether oxygens (including phenoxy) is 2. The molecule has 1 fully saturated rings. The second kappa shape index (κ2) is 7.19. The number of nitrogens with zero attached hydrogens (tertiary/aromatic N) is 2. The van der Waals surface area contributed by atoms with E-state index in [0.29, 0.717) is 26.3 Å². The van der Waals surface area contributed by atoms with Gasteiger partial charge >= 0.3 is 12.3 Å². The fourth-order valence-corrected chi connectivity index (χ4v) is 2.02. The molecule has 0 spiro atoms. The number of hydrogen-bond acceptors (Lipinski definition) is 5. The van der Waals surface area contributed by atoms with E-state index in [4.69, 9.17) is 11.2 Å². The molecular weight excluding hydrogens is 315 g/mol. The van der Waals surface area contributed by atoms with Crippen molar-refractivity contribution in [2.24, 2.45) is 0 Å². The van der Waals surface area contributed by atoms with Gasteiger partial charge in [0.2, 0.25) is 0 Å². The standard InChI is InChI=1S/C14H14F3N3O3/c1-2-5-23-13(21)19-10-8-11(14(15,16)17)12(18-9-10)20-3-6-22-7-4-20/h1,8-9H,3-7H2,(H,19,21). The summed E-state index contributed by atoms with van der Waals surface area (Å²) in [6.45, 7) is 1.01. The van der Waals surface area contributed by atoms with E-state index in [1.165, 1.54) is 4.90 Å². The zero-order valence-electron chi connectivity index (χ0n) is 12.0. The third kappa shape index (κ3) is 4.50. The largest absolute Gasteiger partial charge is 0.436 e. The highest BCUT2D eigenvalue weighted by Crippen LogP contribution is 2.37. The molecule has 1 aromatic rings. The highest BCUT2D eigenvalue weighted by Gasteiger charge is 2.36. The van der Waals surface area contributed by atoms with Gasteiger partial charge in [0.15, 0.2) is 6.61 Å². The summed E-state index contributed by atoms with van der Waals surface area (Å²) in [6, 6.07) is 0.814. The van der Waals surface area contributed by atoms with E-state index < -0.39 is 17.8 Å². The molecule has 1 aliphatic heterocycles. The summed E-state index contributed by atoms with van der Waals surface area (Å²) in [7, 11) is 0. The molecule has 0 bridgehead atoms. The van der Waals surface area contributed by atoms with E-state index in [2.05, 4.69) is 21.0 Å². The van der Waals surface area contributed by atoms with Gasteiger partial charge in [0, 0.05) is 13.1 Å². The van der Waals surface area contributed by atoms with E-state index in [1.807, 2.05) is 0 Å². The van der Waals surface area contributed by atoms with Crippen molar-refractivity contribution in [3.8, 4) is 12.3 Å². The van der Waals surface area contributed by atoms with Gasteiger partial charge in [-0.1, -0.05) is 5.92 Å². The van der Waals surface area contributed by atoms with Gasteiger partial charge in [0.25, 0.3) is 0 Å². The van der Waals surface area contributed by atoms with Crippen molar-refractivity contribution in [1.29, 1.82) is 0 Å². The van der Waals surface area contributed by atoms with Crippen molar-refractivity contribution in [1.82, 2.24) is 4.98 Å². The number of amides is 1. The number of morpholine rings is 1. The molecule has 0 atom stereocenters. The zero-order valence-corrected chi connectivity index (χ0v) is 12.0. The molecule has 6 nitrogen and oxygen atoms in total. The highest BCUT2D eigenvalue weighted by molar-refractivity contribution is 5.84. The van der Waals surface area contributed by atoms with E-state index in [1.54, 1.807) is 0 Å². The Labute approximate surface area is 130 Å². The summed E-state index contributed by atoms with van der Waals surface area (Å²) in [5.74, 6) is 1.88. The average molecular weight is 329 g/mol. The number of hydrogen-bond donors (Lipinski definition) is 1. The molecule has 1 amide bonds. The third-order valence-electron chi connectivity index (χ3n) is 3.02. The van der Waals surface area contributed by atoms with Gasteiger partial charge in [0.05, 0.1) is 25.1 Å². The van der Waals surface area contributed by atoms with Crippen molar-refractivity contribution in [2.45, 2.75) is 6.18 Å². The summed E-state index contributed by atoms with van der Waals surface area (Å²) < 4.78 is 49.4. The molecule has 124 valence electrons. The molecule has 9 heteroatoms. The van der Waals surface area contributed by atoms with Gasteiger partial charge in [-0.2, -0.15) is 13.2 Å². The number of alkyl halides is 3. The monoisotopic (exact) mass is 329 g/mol. The Morgan fingerprint density at radius 1 is 1.48 bits per heavy atom. The lowest BCUT2D eigenvalue weighted by molar-refractivity contribution is -0.137. The molecule has 0 aromatic carbocycles. The predicted molar refractivity (Wildman–Crippen MR) is 76.1 cm³/mol. The lowest BCUT2D eigenvalue weighted by atomic mass is 10.2. The smallest absolute Gasteiger partial charge is 0.420 e. The van der Waals surface area contributed by atoms with Crippen LogP contribution in [0.4, 0.5) is 29.5 Å². The second-order valence-corrected chi connectivity index (χ2v) is 4.60. The first-order chi connectivity index (χ1) is 10.9. The van der Waals surface area contributed by atoms with Crippen LogP contribution in [0.15, 0.2) is 12.3 Å². The van der Waals surface area contributed by atoms with Crippen LogP contribution in [0.3, 0.4) is 0 Å². The van der Waals surface area contributed by atoms with Crippen molar-refractivity contribution >= 4 is 17.6 Å². The number of anilines is 2. The molecule has 1 aliphatic rings. The highest BCUT2D eigenvalue weighted by atomic mass is 19.4. The fourth-order valence-electron chi connectivity index (χ4n) is 2.02. The Kier molecular flexibility index (Phi) is 5.28. The average Bonchev–Trinajstić information content (AvgIpc) is 2.53. The number of aromatic nitrogens is 1. The van der Waals surface area contributed by atoms with Crippen molar-refractivity contribution in [3.05, 3.63) is 17.8 Å². The maximum atomic E-state index is 13.3. The van der Waals surface area contributed by atoms with E-state index in [-0.39, 0.29) is 18.1 Å². The molecule has 2 heterocycles. The molecular formula is C14H14F3N3O3. The summed E-state index contributed by atoms with van der Waals surface area (Å²) in [5.41, 5.74) is -1.06. The molecule has 1 N–H and O–H groups in total. The third-order valence-corrected chi connectivity index (χ3v) is 3.02. The van der Waals surface area contributed by atoms with Crippen LogP contribution in [0.1, 0.15) is 5.56 Å². The van der Waals surface area contributed by atoms with Gasteiger partial charge in [-0.15, -0.1) is 6.42 Å². The first kappa shape index (κ1) is 16.9. The number of carbonyl (C=O) groups is 1. The number of rotatable bonds is 3. The van der Waals surface area contributed by atoms with Crippen LogP contribution in [0.2, 0.25) is 0 Å². The lowest BCUT2D eigenvalue weighted by Gasteiger charge is -2.30. The van der Waals surface area contributed by atoms with Crippen LogP contribution in [0.25, 0.3) is 0 Å². The van der Waals surface area contributed by atoms with Gasteiger partial charge in [-0.3, -0.25) is 5.32 Å². The Balaban J connectivity index is 2.24. The lowest BCUT2D eigenvalue weighted by Crippen LogP contribution is -2.38. The number of carbonyl (C=O) groups excluding carboxylic acids is 1. The van der Waals surface area contributed by atoms with E-state index in [0.717, 1.165) is 12.3 Å². The Hall–Kier alpha value is -2.47. The zero-order chi connectivity index (χ0) is 16.9. The number of pyridine rings is 1. The van der Waals surface area contributed by atoms with Crippen LogP contribution in [-0.4, -0.2) is 44.0 Å². The topological polar surface area (TPSA) is 63.7 Å². The summed E-state index contributed by atoms with van der Waals surface area (Å²) >= 11 is 0. The van der Waals surface area contributed by atoms with Gasteiger partial charge in [-0.25, -0.2) is 9.78 Å². The van der Waals surface area contributed by atoms with E-state index >= 15 is 0 Å². The Bertz CT molecular complexity index is 608. The van der Waals surface area contributed by atoms with Crippen molar-refractivity contribution < 1.29 is 27.4 Å². The Morgan fingerprint density at radius 2 is 2.17 bits per heavy atom. The van der Waals surface area contributed by atoms with Crippen LogP contribution in [-0.2, 0) is 15.7 Å². The molecule has 23 heavy (non-hydrogen) atoms. The number of terminal acetylenes is 1. The molecule has 0 saturated carbocycles. The minimum atomic E-state index is -4.61. The quantitative estimate of drug-likeness (QED) is 0.861. The van der Waals surface area contributed by atoms with Crippen molar-refractivity contribution in [2.75, 3.05) is 43.1 Å². The predicted octanol–water partition coefficient (Wildman–Crippen LogP) is 2.12. The summed E-state index contributed by atoms with van der Waals surface area (Å²) in [4.78, 5) is 16.7. The number of halogens is 3. The maximum absolute atomic E-state index is 13.3. The maximum Gasteiger partial charge on any atom is 0.420 e. The van der Waals surface area contributed by atoms with Gasteiger partial charge in [-0.05, 0) is 6.07 Å². The van der Waals surface area contributed by atoms with E-state index in [9.17, 15) is 18.0 Å². The molecule has 0 radical (unpaired) electrons.